The second kappa shape index (κ2) is 5.80. The van der Waals surface area contributed by atoms with Gasteiger partial charge in [-0.3, -0.25) is 0 Å². The third-order valence-corrected chi connectivity index (χ3v) is 4.46. The van der Waals surface area contributed by atoms with Crippen LogP contribution in [0.2, 0.25) is 0 Å². The van der Waals surface area contributed by atoms with Crippen molar-refractivity contribution >= 4 is 0 Å². The number of hydrogen-bond acceptors (Lipinski definition) is 2. The van der Waals surface area contributed by atoms with Gasteiger partial charge in [-0.1, -0.05) is 24.3 Å². The Morgan fingerprint density at radius 2 is 2.25 bits per heavy atom. The van der Waals surface area contributed by atoms with E-state index >= 15 is 0 Å². The summed E-state index contributed by atoms with van der Waals surface area (Å²) >= 11 is 0. The third kappa shape index (κ3) is 2.63. The van der Waals surface area contributed by atoms with Crippen molar-refractivity contribution < 1.29 is 5.11 Å². The van der Waals surface area contributed by atoms with Crippen molar-refractivity contribution in [3.63, 3.8) is 0 Å². The molecule has 1 heterocycles. The summed E-state index contributed by atoms with van der Waals surface area (Å²) in [5, 5.41) is 10.6. The van der Waals surface area contributed by atoms with Gasteiger partial charge in [0.1, 0.15) is 5.82 Å². The van der Waals surface area contributed by atoms with Crippen LogP contribution in [0.4, 0.5) is 0 Å². The number of hydrogen-bond donors (Lipinski definition) is 1. The fourth-order valence-corrected chi connectivity index (χ4v) is 3.31. The van der Waals surface area contributed by atoms with Gasteiger partial charge in [0.25, 0.3) is 0 Å². The lowest BCUT2D eigenvalue weighted by Crippen LogP contribution is -2.23. The first kappa shape index (κ1) is 13.4. The van der Waals surface area contributed by atoms with Gasteiger partial charge in [-0.05, 0) is 36.8 Å². The molecule has 0 spiro atoms. The van der Waals surface area contributed by atoms with Crippen molar-refractivity contribution in [1.82, 2.24) is 9.55 Å². The molecule has 0 aliphatic heterocycles. The zero-order valence-electron chi connectivity index (χ0n) is 12.0. The molecule has 3 rings (SSSR count). The predicted octanol–water partition coefficient (Wildman–Crippen LogP) is 2.83. The molecule has 1 N–H and O–H groups in total. The van der Waals surface area contributed by atoms with Crippen LogP contribution in [-0.2, 0) is 19.9 Å². The van der Waals surface area contributed by atoms with Crippen LogP contribution in [0.25, 0.3) is 0 Å². The van der Waals surface area contributed by atoms with Gasteiger partial charge in [-0.2, -0.15) is 0 Å². The van der Waals surface area contributed by atoms with Gasteiger partial charge in [0.15, 0.2) is 0 Å². The van der Waals surface area contributed by atoms with Gasteiger partial charge < -0.3 is 9.67 Å². The van der Waals surface area contributed by atoms with Crippen LogP contribution in [0.1, 0.15) is 42.1 Å². The molecule has 1 aromatic carbocycles. The Kier molecular flexibility index (Phi) is 3.88. The van der Waals surface area contributed by atoms with E-state index in [1.807, 2.05) is 24.0 Å². The smallest absolute Gasteiger partial charge is 0.108 e. The van der Waals surface area contributed by atoms with E-state index < -0.39 is 0 Å². The zero-order chi connectivity index (χ0) is 13.9. The topological polar surface area (TPSA) is 38.0 Å². The molecule has 1 aliphatic rings. The van der Waals surface area contributed by atoms with Crippen molar-refractivity contribution in [2.75, 3.05) is 0 Å². The van der Waals surface area contributed by atoms with Gasteiger partial charge >= 0.3 is 0 Å². The Morgan fingerprint density at radius 3 is 3.05 bits per heavy atom. The van der Waals surface area contributed by atoms with E-state index in [2.05, 4.69) is 29.2 Å². The lowest BCUT2D eigenvalue weighted by atomic mass is 9.79. The van der Waals surface area contributed by atoms with Gasteiger partial charge in [0.05, 0.1) is 6.10 Å². The molecule has 2 aromatic rings. The van der Waals surface area contributed by atoms with Crippen LogP contribution in [0, 0.1) is 0 Å². The first-order valence-electron chi connectivity index (χ1n) is 7.48. The van der Waals surface area contributed by atoms with E-state index in [0.717, 1.165) is 31.5 Å². The number of imidazole rings is 1. The lowest BCUT2D eigenvalue weighted by Gasteiger charge is -2.29. The highest BCUT2D eigenvalue weighted by atomic mass is 16.3. The highest BCUT2D eigenvalue weighted by Crippen LogP contribution is 2.35. The number of fused-ring (bicyclic) bond motifs is 1. The van der Waals surface area contributed by atoms with E-state index in [1.54, 1.807) is 0 Å². The molecular formula is C17H22N2O. The van der Waals surface area contributed by atoms with Gasteiger partial charge in [-0.15, -0.1) is 0 Å². The predicted molar refractivity (Wildman–Crippen MR) is 79.7 cm³/mol. The fraction of sp³-hybridized carbons (Fsp3) is 0.471. The molecule has 20 heavy (non-hydrogen) atoms. The Bertz CT molecular complexity index is 576. The van der Waals surface area contributed by atoms with Crippen LogP contribution < -0.4 is 0 Å². The van der Waals surface area contributed by atoms with E-state index in [9.17, 15) is 5.11 Å². The lowest BCUT2D eigenvalue weighted by molar-refractivity contribution is 0.124. The van der Waals surface area contributed by atoms with E-state index in [1.165, 1.54) is 17.5 Å². The first-order chi connectivity index (χ1) is 9.75. The first-order valence-corrected chi connectivity index (χ1v) is 7.48. The summed E-state index contributed by atoms with van der Waals surface area (Å²) in [7, 11) is 2.00. The highest BCUT2D eigenvalue weighted by Gasteiger charge is 2.26. The van der Waals surface area contributed by atoms with E-state index in [0.29, 0.717) is 5.92 Å². The third-order valence-electron chi connectivity index (χ3n) is 4.46. The van der Waals surface area contributed by atoms with Crippen molar-refractivity contribution in [3.05, 3.63) is 53.6 Å². The van der Waals surface area contributed by atoms with Gasteiger partial charge in [0, 0.05) is 31.8 Å². The maximum Gasteiger partial charge on any atom is 0.108 e. The Labute approximate surface area is 120 Å². The minimum absolute atomic E-state index is 0.270. The molecule has 0 bridgehead atoms. The minimum Gasteiger partial charge on any atom is -0.392 e. The second-order valence-electron chi connectivity index (χ2n) is 5.76. The van der Waals surface area contributed by atoms with E-state index in [-0.39, 0.29) is 6.10 Å². The average Bonchev–Trinajstić information content (AvgIpc) is 2.89. The van der Waals surface area contributed by atoms with E-state index in [4.69, 9.17) is 0 Å². The monoisotopic (exact) mass is 270 g/mol. The summed E-state index contributed by atoms with van der Waals surface area (Å²) in [6.45, 7) is 0. The Hall–Kier alpha value is -1.61. The largest absolute Gasteiger partial charge is 0.392 e. The zero-order valence-corrected chi connectivity index (χ0v) is 12.0. The highest BCUT2D eigenvalue weighted by molar-refractivity contribution is 5.33. The number of nitrogens with zero attached hydrogens (tertiary/aromatic N) is 2. The maximum absolute atomic E-state index is 10.6. The molecular weight excluding hydrogens is 248 g/mol. The summed E-state index contributed by atoms with van der Waals surface area (Å²) in [4.78, 5) is 4.33. The van der Waals surface area contributed by atoms with Crippen LogP contribution in [-0.4, -0.2) is 20.8 Å². The summed E-state index contributed by atoms with van der Waals surface area (Å²) in [6, 6.07) is 8.57. The van der Waals surface area contributed by atoms with Crippen LogP contribution in [0.5, 0.6) is 0 Å². The molecule has 2 atom stereocenters. The molecule has 1 aliphatic carbocycles. The number of aryl methyl sites for hydroxylation is 3. The van der Waals surface area contributed by atoms with Crippen LogP contribution in [0.3, 0.4) is 0 Å². The normalized spacial score (nSPS) is 19.6. The number of aromatic nitrogens is 2. The number of benzene rings is 1. The van der Waals surface area contributed by atoms with Crippen LogP contribution in [0.15, 0.2) is 36.7 Å². The molecule has 0 saturated carbocycles. The van der Waals surface area contributed by atoms with Crippen molar-refractivity contribution in [3.8, 4) is 0 Å². The molecule has 0 amide bonds. The average molecular weight is 270 g/mol. The Morgan fingerprint density at radius 1 is 1.40 bits per heavy atom. The van der Waals surface area contributed by atoms with Crippen molar-refractivity contribution in [1.29, 1.82) is 0 Å². The number of rotatable bonds is 4. The molecule has 3 nitrogen and oxygen atoms in total. The standard InChI is InChI=1S/C17H22N2O/c1-19-12-11-18-17(19)10-9-16(20)15-8-4-6-13-5-2-3-7-14(13)15/h2-3,5,7,11-12,15-16,20H,4,6,8-10H2,1H3. The van der Waals surface area contributed by atoms with Crippen molar-refractivity contribution in [2.24, 2.45) is 7.05 Å². The fourth-order valence-electron chi connectivity index (χ4n) is 3.31. The minimum atomic E-state index is -0.270. The summed E-state index contributed by atoms with van der Waals surface area (Å²) in [5.74, 6) is 1.34. The molecule has 1 aromatic heterocycles. The maximum atomic E-state index is 10.6. The summed E-state index contributed by atoms with van der Waals surface area (Å²) < 4.78 is 2.03. The molecule has 0 fully saturated rings. The molecule has 3 heteroatoms. The quantitative estimate of drug-likeness (QED) is 0.927. The molecule has 106 valence electrons. The molecule has 2 unspecified atom stereocenters. The number of aliphatic hydroxyl groups excluding tert-OH is 1. The second-order valence-corrected chi connectivity index (χ2v) is 5.76. The summed E-state index contributed by atoms with van der Waals surface area (Å²) in [5.41, 5.74) is 2.77. The summed E-state index contributed by atoms with van der Waals surface area (Å²) in [6.07, 6.45) is 8.55. The number of aliphatic hydroxyl groups is 1. The molecule has 0 saturated heterocycles. The molecule has 0 radical (unpaired) electrons. The van der Waals surface area contributed by atoms with Crippen LogP contribution >= 0.6 is 0 Å². The van der Waals surface area contributed by atoms with Gasteiger partial charge in [-0.25, -0.2) is 4.98 Å². The van der Waals surface area contributed by atoms with Gasteiger partial charge in [0.2, 0.25) is 0 Å². The van der Waals surface area contributed by atoms with Crippen molar-refractivity contribution in [2.45, 2.75) is 44.1 Å². The Balaban J connectivity index is 1.69. The SMILES string of the molecule is Cn1ccnc1CCC(O)C1CCCc2ccccc21.